The normalized spacial score (nSPS) is 12.2. The summed E-state index contributed by atoms with van der Waals surface area (Å²) >= 11 is 0. The number of nitrogens with one attached hydrogen (secondary N) is 1. The zero-order valence-corrected chi connectivity index (χ0v) is 19.3. The van der Waals surface area contributed by atoms with E-state index < -0.39 is 6.16 Å². The largest absolute Gasteiger partial charge is 0.512 e. The van der Waals surface area contributed by atoms with Crippen LogP contribution in [-0.4, -0.2) is 29.6 Å². The quantitative estimate of drug-likeness (QED) is 0.197. The van der Waals surface area contributed by atoms with Crippen molar-refractivity contribution in [2.45, 2.75) is 12.8 Å². The molecular formula is C29H23NO6. The van der Waals surface area contributed by atoms with Crippen molar-refractivity contribution < 1.29 is 28.8 Å². The Hall–Kier alpha value is -4.65. The molecule has 5 aromatic rings. The van der Waals surface area contributed by atoms with Gasteiger partial charge in [0.2, 0.25) is 12.7 Å². The van der Waals surface area contributed by atoms with Crippen LogP contribution >= 0.6 is 0 Å². The molecule has 1 aliphatic heterocycles. The molecule has 0 aliphatic carbocycles. The molecule has 0 amide bonds. The standard InChI is InChI=1S/C29H23NO6/c31-29(32)36-28-23(11-5-15-33-24-12-3-7-18-6-1-2-8-20(18)24)22-10-4-9-21(27(22)30-28)19-13-14-25-26(16-19)35-17-34-25/h1-4,6-10,12-14,16,30H,5,11,15,17H2,(H,31,32). The van der Waals surface area contributed by atoms with Crippen molar-refractivity contribution in [1.82, 2.24) is 4.98 Å². The molecule has 0 unspecified atom stereocenters. The van der Waals surface area contributed by atoms with Gasteiger partial charge in [-0.25, -0.2) is 4.79 Å². The van der Waals surface area contributed by atoms with Gasteiger partial charge in [-0.15, -0.1) is 0 Å². The highest BCUT2D eigenvalue weighted by Gasteiger charge is 2.20. The molecule has 1 aromatic heterocycles. The van der Waals surface area contributed by atoms with Gasteiger partial charge in [-0.2, -0.15) is 0 Å². The van der Waals surface area contributed by atoms with Crippen molar-refractivity contribution in [2.75, 3.05) is 13.4 Å². The first-order valence-corrected chi connectivity index (χ1v) is 11.7. The Kier molecular flexibility index (Phi) is 5.58. The molecule has 0 fully saturated rings. The Labute approximate surface area is 206 Å². The SMILES string of the molecule is O=C(O)Oc1[nH]c2c(-c3ccc4c(c3)OCO4)cccc2c1CCCOc1cccc2ccccc12. The predicted molar refractivity (Wildman–Crippen MR) is 136 cm³/mol. The van der Waals surface area contributed by atoms with Crippen molar-refractivity contribution in [3.63, 3.8) is 0 Å². The average Bonchev–Trinajstić information content (AvgIpc) is 3.50. The van der Waals surface area contributed by atoms with Crippen LogP contribution in [-0.2, 0) is 6.42 Å². The number of aryl methyl sites for hydroxylation is 1. The maximum Gasteiger partial charge on any atom is 0.512 e. The number of benzene rings is 4. The number of carboxylic acid groups (broad SMARTS) is 1. The monoisotopic (exact) mass is 481 g/mol. The molecule has 7 nitrogen and oxygen atoms in total. The third kappa shape index (κ3) is 4.05. The number of para-hydroxylation sites is 1. The fraction of sp³-hybridized carbons (Fsp3) is 0.138. The van der Waals surface area contributed by atoms with E-state index in [0.29, 0.717) is 30.9 Å². The summed E-state index contributed by atoms with van der Waals surface area (Å²) in [6, 6.07) is 25.8. The number of aromatic amines is 1. The summed E-state index contributed by atoms with van der Waals surface area (Å²) in [5.74, 6) is 2.46. The van der Waals surface area contributed by atoms with Gasteiger partial charge in [0.1, 0.15) is 5.75 Å². The van der Waals surface area contributed by atoms with E-state index >= 15 is 0 Å². The van der Waals surface area contributed by atoms with Crippen molar-refractivity contribution in [3.05, 3.63) is 84.4 Å². The molecule has 2 heterocycles. The molecule has 0 spiro atoms. The molecule has 0 bridgehead atoms. The zero-order valence-electron chi connectivity index (χ0n) is 19.3. The number of ether oxygens (including phenoxy) is 4. The molecule has 4 aromatic carbocycles. The van der Waals surface area contributed by atoms with Gasteiger partial charge in [-0.05, 0) is 42.0 Å². The molecule has 180 valence electrons. The molecule has 2 N–H and O–H groups in total. The summed E-state index contributed by atoms with van der Waals surface area (Å²) < 4.78 is 22.2. The van der Waals surface area contributed by atoms with E-state index in [0.717, 1.165) is 44.1 Å². The van der Waals surface area contributed by atoms with E-state index in [1.807, 2.05) is 66.7 Å². The van der Waals surface area contributed by atoms with Crippen LogP contribution in [0.25, 0.3) is 32.8 Å². The highest BCUT2D eigenvalue weighted by atomic mass is 16.7. The van der Waals surface area contributed by atoms with Crippen molar-refractivity contribution in [1.29, 1.82) is 0 Å². The average molecular weight is 482 g/mol. The highest BCUT2D eigenvalue weighted by Crippen LogP contribution is 2.40. The van der Waals surface area contributed by atoms with Crippen LogP contribution in [0.3, 0.4) is 0 Å². The number of hydrogen-bond acceptors (Lipinski definition) is 5. The molecule has 0 saturated carbocycles. The first kappa shape index (κ1) is 21.9. The van der Waals surface area contributed by atoms with Crippen LogP contribution in [0, 0.1) is 0 Å². The topological polar surface area (TPSA) is 90.0 Å². The highest BCUT2D eigenvalue weighted by molar-refractivity contribution is 5.98. The summed E-state index contributed by atoms with van der Waals surface area (Å²) in [4.78, 5) is 14.6. The summed E-state index contributed by atoms with van der Waals surface area (Å²) in [7, 11) is 0. The van der Waals surface area contributed by atoms with E-state index in [1.165, 1.54) is 0 Å². The van der Waals surface area contributed by atoms with Gasteiger partial charge in [-0.3, -0.25) is 0 Å². The molecule has 36 heavy (non-hydrogen) atoms. The van der Waals surface area contributed by atoms with Crippen LogP contribution in [0.1, 0.15) is 12.0 Å². The Balaban J connectivity index is 1.28. The number of H-pyrrole nitrogens is 1. The van der Waals surface area contributed by atoms with Gasteiger partial charge < -0.3 is 29.0 Å². The lowest BCUT2D eigenvalue weighted by Crippen LogP contribution is -2.06. The molecule has 6 rings (SSSR count). The van der Waals surface area contributed by atoms with Gasteiger partial charge in [-0.1, -0.05) is 60.7 Å². The minimum Gasteiger partial charge on any atom is -0.493 e. The first-order chi connectivity index (χ1) is 17.7. The van der Waals surface area contributed by atoms with Crippen molar-refractivity contribution in [2.24, 2.45) is 0 Å². The molecule has 0 radical (unpaired) electrons. The zero-order chi connectivity index (χ0) is 24.5. The van der Waals surface area contributed by atoms with E-state index in [1.54, 1.807) is 0 Å². The second-order valence-electron chi connectivity index (χ2n) is 8.53. The molecule has 0 atom stereocenters. The van der Waals surface area contributed by atoms with Crippen LogP contribution in [0.15, 0.2) is 78.9 Å². The van der Waals surface area contributed by atoms with E-state index in [4.69, 9.17) is 18.9 Å². The fourth-order valence-corrected chi connectivity index (χ4v) is 4.73. The lowest BCUT2D eigenvalue weighted by molar-refractivity contribution is 0.142. The van der Waals surface area contributed by atoms with Gasteiger partial charge in [0.15, 0.2) is 11.5 Å². The smallest absolute Gasteiger partial charge is 0.493 e. The van der Waals surface area contributed by atoms with E-state index in [9.17, 15) is 9.90 Å². The minimum absolute atomic E-state index is 0.201. The van der Waals surface area contributed by atoms with Crippen molar-refractivity contribution in [3.8, 4) is 34.3 Å². The van der Waals surface area contributed by atoms with Crippen LogP contribution < -0.4 is 18.9 Å². The summed E-state index contributed by atoms with van der Waals surface area (Å²) in [5.41, 5.74) is 3.45. The van der Waals surface area contributed by atoms with E-state index in [-0.39, 0.29) is 12.7 Å². The van der Waals surface area contributed by atoms with Crippen LogP contribution in [0.5, 0.6) is 23.1 Å². The molecule has 0 saturated heterocycles. The summed E-state index contributed by atoms with van der Waals surface area (Å²) in [6.45, 7) is 0.683. The minimum atomic E-state index is -1.36. The summed E-state index contributed by atoms with van der Waals surface area (Å²) in [5, 5.41) is 12.4. The molecule has 1 aliphatic rings. The molecule has 7 heteroatoms. The fourth-order valence-electron chi connectivity index (χ4n) is 4.73. The van der Waals surface area contributed by atoms with Gasteiger partial charge in [0.05, 0.1) is 12.1 Å². The lowest BCUT2D eigenvalue weighted by Gasteiger charge is -2.10. The second-order valence-corrected chi connectivity index (χ2v) is 8.53. The summed E-state index contributed by atoms with van der Waals surface area (Å²) in [6.07, 6.45) is -0.0994. The number of carbonyl (C=O) groups is 1. The number of hydrogen-bond donors (Lipinski definition) is 2. The second kappa shape index (κ2) is 9.19. The lowest BCUT2D eigenvalue weighted by atomic mass is 10.00. The number of rotatable bonds is 7. The van der Waals surface area contributed by atoms with Gasteiger partial charge in [0.25, 0.3) is 0 Å². The first-order valence-electron chi connectivity index (χ1n) is 11.7. The Morgan fingerprint density at radius 1 is 0.917 bits per heavy atom. The molecular weight excluding hydrogens is 458 g/mol. The number of fused-ring (bicyclic) bond motifs is 3. The van der Waals surface area contributed by atoms with Gasteiger partial charge in [0, 0.05) is 21.9 Å². The third-order valence-corrected chi connectivity index (χ3v) is 6.35. The van der Waals surface area contributed by atoms with Crippen molar-refractivity contribution >= 4 is 27.8 Å². The predicted octanol–water partition coefficient (Wildman–Crippen LogP) is 6.79. The Bertz CT molecular complexity index is 1580. The van der Waals surface area contributed by atoms with E-state index in [2.05, 4.69) is 17.1 Å². The number of aromatic nitrogens is 1. The Morgan fingerprint density at radius 2 is 1.72 bits per heavy atom. The maximum absolute atomic E-state index is 11.4. The Morgan fingerprint density at radius 3 is 2.64 bits per heavy atom. The van der Waals surface area contributed by atoms with Crippen LogP contribution in [0.4, 0.5) is 4.79 Å². The van der Waals surface area contributed by atoms with Gasteiger partial charge >= 0.3 is 6.16 Å². The third-order valence-electron chi connectivity index (χ3n) is 6.35. The van der Waals surface area contributed by atoms with Crippen LogP contribution in [0.2, 0.25) is 0 Å². The maximum atomic E-state index is 11.4.